The van der Waals surface area contributed by atoms with Crippen molar-refractivity contribution in [1.82, 2.24) is 5.32 Å². The molecule has 0 aliphatic heterocycles. The molecule has 0 bridgehead atoms. The summed E-state index contributed by atoms with van der Waals surface area (Å²) >= 11 is 0. The topological polar surface area (TPSA) is 29.4 Å². The van der Waals surface area contributed by atoms with Crippen LogP contribution in [0.5, 0.6) is 0 Å². The van der Waals surface area contributed by atoms with Gasteiger partial charge in [-0.2, -0.15) is 0 Å². The highest BCUT2D eigenvalue weighted by Gasteiger charge is 2.08. The normalized spacial score (nSPS) is 11.2. The fourth-order valence-corrected chi connectivity index (χ4v) is 2.52. The summed E-state index contributed by atoms with van der Waals surface area (Å²) in [5.74, 6) is 0. The molecule has 3 heteroatoms. The number of pyridine rings is 1. The van der Waals surface area contributed by atoms with Gasteiger partial charge in [0, 0.05) is 49.2 Å². The van der Waals surface area contributed by atoms with E-state index in [2.05, 4.69) is 71.8 Å². The predicted octanol–water partition coefficient (Wildman–Crippen LogP) is 2.59. The molecule has 0 aliphatic carbocycles. The summed E-state index contributed by atoms with van der Waals surface area (Å²) in [5, 5.41) is 5.67. The number of hydrogen-bond acceptors (Lipinski definition) is 2. The lowest BCUT2D eigenvalue weighted by Crippen LogP contribution is -2.11. The number of nitrogens with one attached hydrogen (secondary N) is 2. The van der Waals surface area contributed by atoms with Gasteiger partial charge < -0.3 is 10.2 Å². The van der Waals surface area contributed by atoms with E-state index in [1.165, 1.54) is 33.1 Å². The molecule has 0 atom stereocenters. The van der Waals surface area contributed by atoms with Crippen molar-refractivity contribution in [2.45, 2.75) is 6.54 Å². The number of hydrogen-bond donors (Lipinski definition) is 1. The highest BCUT2D eigenvalue weighted by molar-refractivity contribution is 5.90. The van der Waals surface area contributed by atoms with Crippen LogP contribution in [0.3, 0.4) is 0 Å². The molecule has 3 nitrogen and oxygen atoms in total. The number of fused-ring (bicyclic) bond motifs is 2. The largest absolute Gasteiger partial charge is 0.377 e. The third-order valence-electron chi connectivity index (χ3n) is 3.63. The summed E-state index contributed by atoms with van der Waals surface area (Å²) in [4.78, 5) is 5.67. The molecule has 0 saturated heterocycles. The average molecular weight is 266 g/mol. The lowest BCUT2D eigenvalue weighted by molar-refractivity contribution is -0.310. The first kappa shape index (κ1) is 12.9. The van der Waals surface area contributed by atoms with Crippen molar-refractivity contribution < 1.29 is 4.98 Å². The Kier molecular flexibility index (Phi) is 3.28. The Morgan fingerprint density at radius 3 is 2.35 bits per heavy atom. The highest BCUT2D eigenvalue weighted by Crippen LogP contribution is 2.21. The van der Waals surface area contributed by atoms with E-state index in [0.29, 0.717) is 0 Å². The second-order valence-corrected chi connectivity index (χ2v) is 5.39. The van der Waals surface area contributed by atoms with Crippen LogP contribution in [0, 0.1) is 0 Å². The van der Waals surface area contributed by atoms with Gasteiger partial charge in [-0.05, 0) is 36.9 Å². The summed E-state index contributed by atoms with van der Waals surface area (Å²) in [7, 11) is 6.10. The van der Waals surface area contributed by atoms with Gasteiger partial charge >= 0.3 is 0 Å². The van der Waals surface area contributed by atoms with Crippen molar-refractivity contribution in [1.29, 1.82) is 0 Å². The fourth-order valence-electron chi connectivity index (χ4n) is 2.52. The first-order valence-corrected chi connectivity index (χ1v) is 6.88. The zero-order valence-corrected chi connectivity index (χ0v) is 12.2. The van der Waals surface area contributed by atoms with Gasteiger partial charge in [0.15, 0.2) is 0 Å². The van der Waals surface area contributed by atoms with Gasteiger partial charge in [-0.25, -0.2) is 4.98 Å². The average Bonchev–Trinajstić information content (AvgIpc) is 2.44. The van der Waals surface area contributed by atoms with Crippen LogP contribution in [0.1, 0.15) is 5.56 Å². The van der Waals surface area contributed by atoms with Crippen LogP contribution < -0.4 is 15.2 Å². The molecule has 0 saturated carbocycles. The van der Waals surface area contributed by atoms with Gasteiger partial charge in [-0.1, -0.05) is 6.07 Å². The monoisotopic (exact) mass is 266 g/mol. The molecule has 1 aromatic heterocycles. The molecule has 3 rings (SSSR count). The van der Waals surface area contributed by atoms with E-state index < -0.39 is 0 Å². The number of anilines is 1. The number of H-pyrrole nitrogens is 1. The molecular weight excluding hydrogens is 246 g/mol. The van der Waals surface area contributed by atoms with Gasteiger partial charge in [-0.15, -0.1) is 0 Å². The molecule has 2 N–H and O–H groups in total. The van der Waals surface area contributed by atoms with Gasteiger partial charge in [0.2, 0.25) is 11.0 Å². The molecule has 0 fully saturated rings. The van der Waals surface area contributed by atoms with Crippen molar-refractivity contribution in [2.75, 3.05) is 26.0 Å². The van der Waals surface area contributed by atoms with Crippen LogP contribution in [0.4, 0.5) is 5.69 Å². The maximum atomic E-state index is 3.55. The van der Waals surface area contributed by atoms with Crippen molar-refractivity contribution in [3.05, 3.63) is 48.0 Å². The Morgan fingerprint density at radius 1 is 0.950 bits per heavy atom. The quantitative estimate of drug-likeness (QED) is 0.738. The molecule has 20 heavy (non-hydrogen) atoms. The Bertz CT molecular complexity index is 763. The van der Waals surface area contributed by atoms with E-state index in [-0.39, 0.29) is 0 Å². The van der Waals surface area contributed by atoms with Crippen LogP contribution in [-0.2, 0) is 6.54 Å². The Hall–Kier alpha value is -2.13. The zero-order valence-electron chi connectivity index (χ0n) is 12.2. The third-order valence-corrected chi connectivity index (χ3v) is 3.63. The minimum absolute atomic E-state index is 0.888. The smallest absolute Gasteiger partial charge is 0.213 e. The van der Waals surface area contributed by atoms with E-state index in [4.69, 9.17) is 0 Å². The maximum Gasteiger partial charge on any atom is 0.213 e. The molecule has 0 radical (unpaired) electrons. The minimum atomic E-state index is 0.888. The first-order valence-electron chi connectivity index (χ1n) is 6.88. The van der Waals surface area contributed by atoms with E-state index in [0.717, 1.165) is 6.54 Å². The lowest BCUT2D eigenvalue weighted by Gasteiger charge is -2.11. The van der Waals surface area contributed by atoms with E-state index in [9.17, 15) is 0 Å². The van der Waals surface area contributed by atoms with Crippen molar-refractivity contribution in [3.8, 4) is 0 Å². The lowest BCUT2D eigenvalue weighted by atomic mass is 10.1. The molecule has 1 heterocycles. The van der Waals surface area contributed by atoms with E-state index in [1.807, 2.05) is 7.05 Å². The predicted molar refractivity (Wildman–Crippen MR) is 85.1 cm³/mol. The second-order valence-electron chi connectivity index (χ2n) is 5.39. The number of rotatable bonds is 3. The third kappa shape index (κ3) is 2.32. The van der Waals surface area contributed by atoms with Gasteiger partial charge in [0.05, 0.1) is 0 Å². The molecule has 0 unspecified atom stereocenters. The summed E-state index contributed by atoms with van der Waals surface area (Å²) in [6.45, 7) is 0.888. The Morgan fingerprint density at radius 2 is 1.65 bits per heavy atom. The Balaban J connectivity index is 2.19. The van der Waals surface area contributed by atoms with E-state index in [1.54, 1.807) is 0 Å². The molecule has 2 aromatic carbocycles. The SMILES string of the molecule is CNCc1ccc2cc3ccc(N(C)C)cc3[nH+]c2c1. The van der Waals surface area contributed by atoms with Crippen molar-refractivity contribution in [2.24, 2.45) is 0 Å². The summed E-state index contributed by atoms with van der Waals surface area (Å²) in [6, 6.07) is 15.3. The molecule has 0 amide bonds. The van der Waals surface area contributed by atoms with Crippen LogP contribution in [0.2, 0.25) is 0 Å². The zero-order chi connectivity index (χ0) is 14.1. The molecule has 0 spiro atoms. The Labute approximate surface area is 119 Å². The molecule has 102 valence electrons. The number of aromatic amines is 1. The van der Waals surface area contributed by atoms with Gasteiger partial charge in [0.1, 0.15) is 0 Å². The molecule has 3 aromatic rings. The second kappa shape index (κ2) is 5.10. The van der Waals surface area contributed by atoms with Crippen LogP contribution in [0.15, 0.2) is 42.5 Å². The molecule has 0 aliphatic rings. The summed E-state index contributed by atoms with van der Waals surface area (Å²) in [6.07, 6.45) is 0. The van der Waals surface area contributed by atoms with Crippen LogP contribution >= 0.6 is 0 Å². The maximum absolute atomic E-state index is 3.55. The van der Waals surface area contributed by atoms with Crippen LogP contribution in [0.25, 0.3) is 21.8 Å². The standard InChI is InChI=1S/C17H19N3/c1-18-11-12-4-5-13-9-14-6-7-15(20(2)3)10-17(14)19-16(13)8-12/h4-10,18H,11H2,1-3H3/p+1. The first-order chi connectivity index (χ1) is 9.67. The van der Waals surface area contributed by atoms with Crippen molar-refractivity contribution >= 4 is 27.5 Å². The highest BCUT2D eigenvalue weighted by atomic mass is 15.1. The van der Waals surface area contributed by atoms with Crippen molar-refractivity contribution in [3.63, 3.8) is 0 Å². The summed E-state index contributed by atoms with van der Waals surface area (Å²) < 4.78 is 0. The van der Waals surface area contributed by atoms with E-state index >= 15 is 0 Å². The van der Waals surface area contributed by atoms with Gasteiger partial charge in [-0.3, -0.25) is 0 Å². The van der Waals surface area contributed by atoms with Crippen LogP contribution in [-0.4, -0.2) is 21.1 Å². The minimum Gasteiger partial charge on any atom is -0.377 e. The summed E-state index contributed by atoms with van der Waals surface area (Å²) in [5.41, 5.74) is 4.85. The fraction of sp³-hybridized carbons (Fsp3) is 0.235. The number of aromatic nitrogens is 1. The number of nitrogens with zero attached hydrogens (tertiary/aromatic N) is 1. The van der Waals surface area contributed by atoms with Gasteiger partial charge in [0.25, 0.3) is 0 Å². The molecular formula is C17H20N3+. The number of benzene rings is 2.